The molecular weight excluding hydrogens is 555 g/mol. The zero-order valence-corrected chi connectivity index (χ0v) is 23.9. The summed E-state index contributed by atoms with van der Waals surface area (Å²) in [5, 5.41) is 9.33. The summed E-state index contributed by atoms with van der Waals surface area (Å²) < 4.78 is 25.1. The van der Waals surface area contributed by atoms with Gasteiger partial charge < -0.3 is 25.2 Å². The summed E-state index contributed by atoms with van der Waals surface area (Å²) in [4.78, 5) is 38.6. The third-order valence-electron chi connectivity index (χ3n) is 5.90. The molecular formula is C28H30ClFN6O5. The van der Waals surface area contributed by atoms with E-state index in [1.54, 1.807) is 31.3 Å². The smallest absolute Gasteiger partial charge is 0.337 e. The number of carbonyl (C=O) groups is 2. The van der Waals surface area contributed by atoms with E-state index < -0.39 is 11.8 Å². The van der Waals surface area contributed by atoms with E-state index >= 15 is 0 Å². The van der Waals surface area contributed by atoms with Crippen molar-refractivity contribution in [2.75, 3.05) is 47.6 Å². The van der Waals surface area contributed by atoms with E-state index in [0.29, 0.717) is 18.9 Å². The lowest BCUT2D eigenvalue weighted by Crippen LogP contribution is -2.34. The molecule has 0 bridgehead atoms. The molecule has 216 valence electrons. The molecule has 11 nitrogen and oxygen atoms in total. The fourth-order valence-corrected chi connectivity index (χ4v) is 4.14. The number of halogens is 2. The van der Waals surface area contributed by atoms with Crippen molar-refractivity contribution in [1.82, 2.24) is 24.8 Å². The number of nitrogens with two attached hydrogens (primary N) is 1. The number of fused-ring (bicyclic) bond motifs is 1. The lowest BCUT2D eigenvalue weighted by molar-refractivity contribution is -0.129. The predicted octanol–water partition coefficient (Wildman–Crippen LogP) is 3.99. The standard InChI is InChI=1S/C17H12ClFN2O4.C11H18N4O/c1-24-10-7-11(25-2)14(19)12(13(10)18)8-3-4-9(17(22)23)16-15(8)20-5-6-21-16;1-14(2)11(16)8-15(3)7-9-4-5-10(12)13-6-9/h3-7H,1-2H3,(H,22,23);4-6H,7-8H2,1-3H3,(H2,12,13). The number of ether oxygens (including phenoxy) is 2. The molecule has 4 aromatic rings. The highest BCUT2D eigenvalue weighted by atomic mass is 35.5. The number of carbonyl (C=O) groups excluding carboxylic acids is 1. The Hall–Kier alpha value is -4.55. The number of anilines is 1. The zero-order valence-electron chi connectivity index (χ0n) is 23.2. The number of rotatable bonds is 8. The van der Waals surface area contributed by atoms with Gasteiger partial charge in [-0.2, -0.15) is 0 Å². The lowest BCUT2D eigenvalue weighted by atomic mass is 9.99. The molecule has 13 heteroatoms. The van der Waals surface area contributed by atoms with Gasteiger partial charge in [0.15, 0.2) is 11.6 Å². The number of methoxy groups -OCH3 is 2. The second-order valence-electron chi connectivity index (χ2n) is 9.06. The lowest BCUT2D eigenvalue weighted by Gasteiger charge is -2.18. The van der Waals surface area contributed by atoms with Crippen molar-refractivity contribution in [3.05, 3.63) is 70.9 Å². The van der Waals surface area contributed by atoms with E-state index in [1.165, 1.54) is 44.8 Å². The van der Waals surface area contributed by atoms with Gasteiger partial charge >= 0.3 is 5.97 Å². The topological polar surface area (TPSA) is 144 Å². The summed E-state index contributed by atoms with van der Waals surface area (Å²) in [5.41, 5.74) is 7.12. The van der Waals surface area contributed by atoms with E-state index in [-0.39, 0.29) is 50.2 Å². The Kier molecular flexibility index (Phi) is 10.3. The molecule has 2 aromatic carbocycles. The Balaban J connectivity index is 0.000000250. The van der Waals surface area contributed by atoms with Crippen molar-refractivity contribution >= 4 is 40.3 Å². The Morgan fingerprint density at radius 3 is 2.22 bits per heavy atom. The summed E-state index contributed by atoms with van der Waals surface area (Å²) in [5.74, 6) is -1.11. The van der Waals surface area contributed by atoms with Crippen LogP contribution in [0, 0.1) is 5.82 Å². The third kappa shape index (κ3) is 7.35. The molecule has 0 saturated heterocycles. The van der Waals surface area contributed by atoms with Gasteiger partial charge in [0, 0.05) is 56.4 Å². The first kappa shape index (κ1) is 31.0. The van der Waals surface area contributed by atoms with Gasteiger partial charge in [-0.3, -0.25) is 19.7 Å². The maximum absolute atomic E-state index is 14.9. The monoisotopic (exact) mass is 584 g/mol. The Labute approximate surface area is 241 Å². The summed E-state index contributed by atoms with van der Waals surface area (Å²) in [7, 11) is 8.12. The second-order valence-corrected chi connectivity index (χ2v) is 9.43. The zero-order chi connectivity index (χ0) is 30.3. The van der Waals surface area contributed by atoms with Crippen LogP contribution in [0.25, 0.3) is 22.2 Å². The highest BCUT2D eigenvalue weighted by Gasteiger charge is 2.24. The molecule has 0 radical (unpaired) electrons. The molecule has 1 amide bonds. The Morgan fingerprint density at radius 1 is 1.00 bits per heavy atom. The minimum Gasteiger partial charge on any atom is -0.495 e. The van der Waals surface area contributed by atoms with Crippen molar-refractivity contribution in [2.24, 2.45) is 0 Å². The SMILES string of the molecule is CN(CC(=O)N(C)C)Cc1ccc(N)nc1.COc1cc(OC)c(Cl)c(-c2ccc(C(=O)O)c3nccnc23)c1F. The highest BCUT2D eigenvalue weighted by Crippen LogP contribution is 2.43. The molecule has 0 atom stereocenters. The number of hydrogen-bond donors (Lipinski definition) is 2. The van der Waals surface area contributed by atoms with Crippen LogP contribution in [-0.2, 0) is 11.3 Å². The molecule has 0 aliphatic rings. The van der Waals surface area contributed by atoms with Gasteiger partial charge in [-0.05, 0) is 24.7 Å². The van der Waals surface area contributed by atoms with Crippen LogP contribution < -0.4 is 15.2 Å². The molecule has 0 fully saturated rings. The summed E-state index contributed by atoms with van der Waals surface area (Å²) in [6.07, 6.45) is 4.48. The number of likely N-dealkylation sites (N-methyl/N-ethyl adjacent to an activating group) is 2. The normalized spacial score (nSPS) is 10.6. The number of nitrogens with zero attached hydrogens (tertiary/aromatic N) is 5. The molecule has 2 aromatic heterocycles. The first-order valence-electron chi connectivity index (χ1n) is 12.1. The predicted molar refractivity (Wildman–Crippen MR) is 154 cm³/mol. The van der Waals surface area contributed by atoms with Crippen molar-refractivity contribution in [2.45, 2.75) is 6.54 Å². The van der Waals surface area contributed by atoms with Gasteiger partial charge in [-0.1, -0.05) is 23.7 Å². The molecule has 0 unspecified atom stereocenters. The molecule has 0 aliphatic carbocycles. The molecule has 0 aliphatic heterocycles. The van der Waals surface area contributed by atoms with Crippen LogP contribution in [0.15, 0.2) is 48.9 Å². The van der Waals surface area contributed by atoms with Crippen LogP contribution in [0.2, 0.25) is 5.02 Å². The molecule has 4 rings (SSSR count). The van der Waals surface area contributed by atoms with Crippen LogP contribution in [-0.4, -0.2) is 83.6 Å². The van der Waals surface area contributed by atoms with Gasteiger partial charge in [0.1, 0.15) is 17.1 Å². The van der Waals surface area contributed by atoms with Crippen molar-refractivity contribution < 1.29 is 28.6 Å². The van der Waals surface area contributed by atoms with Gasteiger partial charge in [-0.25, -0.2) is 14.2 Å². The first-order valence-corrected chi connectivity index (χ1v) is 12.5. The molecule has 41 heavy (non-hydrogen) atoms. The van der Waals surface area contributed by atoms with Crippen molar-refractivity contribution in [3.8, 4) is 22.6 Å². The second kappa shape index (κ2) is 13.7. The van der Waals surface area contributed by atoms with Gasteiger partial charge in [0.05, 0.1) is 36.9 Å². The summed E-state index contributed by atoms with van der Waals surface area (Å²) >= 11 is 6.30. The third-order valence-corrected chi connectivity index (χ3v) is 6.28. The van der Waals surface area contributed by atoms with Crippen LogP contribution >= 0.6 is 11.6 Å². The van der Waals surface area contributed by atoms with Crippen LogP contribution in [0.5, 0.6) is 11.5 Å². The Morgan fingerprint density at radius 2 is 1.66 bits per heavy atom. The average Bonchev–Trinajstić information content (AvgIpc) is 2.94. The number of amides is 1. The van der Waals surface area contributed by atoms with Gasteiger partial charge in [0.25, 0.3) is 0 Å². The van der Waals surface area contributed by atoms with Crippen molar-refractivity contribution in [1.29, 1.82) is 0 Å². The molecule has 0 saturated carbocycles. The van der Waals surface area contributed by atoms with Gasteiger partial charge in [0.2, 0.25) is 5.91 Å². The number of hydrogen-bond acceptors (Lipinski definition) is 9. The fourth-order valence-electron chi connectivity index (χ4n) is 3.82. The molecule has 0 spiro atoms. The average molecular weight is 585 g/mol. The summed E-state index contributed by atoms with van der Waals surface area (Å²) in [6, 6.07) is 7.77. The van der Waals surface area contributed by atoms with E-state index in [2.05, 4.69) is 15.0 Å². The summed E-state index contributed by atoms with van der Waals surface area (Å²) in [6.45, 7) is 1.09. The van der Waals surface area contributed by atoms with E-state index in [4.69, 9.17) is 26.8 Å². The minimum atomic E-state index is -1.16. The number of carboxylic acids is 1. The maximum Gasteiger partial charge on any atom is 0.337 e. The quantitative estimate of drug-likeness (QED) is 0.312. The minimum absolute atomic E-state index is 0.000283. The molecule has 2 heterocycles. The highest BCUT2D eigenvalue weighted by molar-refractivity contribution is 6.35. The van der Waals surface area contributed by atoms with E-state index in [1.807, 2.05) is 18.0 Å². The number of benzene rings is 2. The number of pyridine rings is 1. The molecule has 3 N–H and O–H groups in total. The maximum atomic E-state index is 14.9. The van der Waals surface area contributed by atoms with E-state index in [9.17, 15) is 19.1 Å². The van der Waals surface area contributed by atoms with E-state index in [0.717, 1.165) is 5.56 Å². The van der Waals surface area contributed by atoms with Gasteiger partial charge in [-0.15, -0.1) is 0 Å². The van der Waals surface area contributed by atoms with Crippen LogP contribution in [0.1, 0.15) is 15.9 Å². The Bertz CT molecular complexity index is 1520. The van der Waals surface area contributed by atoms with Crippen LogP contribution in [0.4, 0.5) is 10.2 Å². The van der Waals surface area contributed by atoms with Crippen LogP contribution in [0.3, 0.4) is 0 Å². The first-order chi connectivity index (χ1) is 19.5. The number of carboxylic acid groups (broad SMARTS) is 1. The fraction of sp³-hybridized carbons (Fsp3) is 0.250. The number of aromatic carboxylic acids is 1. The largest absolute Gasteiger partial charge is 0.495 e. The number of nitrogen functional groups attached to an aromatic ring is 1. The number of aromatic nitrogens is 3. The van der Waals surface area contributed by atoms with Crippen molar-refractivity contribution in [3.63, 3.8) is 0 Å².